The Balaban J connectivity index is 2.36. The lowest BCUT2D eigenvalue weighted by atomic mass is 9.99. The minimum atomic E-state index is -0.779. The Morgan fingerprint density at radius 2 is 2.17 bits per heavy atom. The number of carboxylic acids is 1. The van der Waals surface area contributed by atoms with Gasteiger partial charge >= 0.3 is 5.97 Å². The average molecular weight is 258 g/mol. The molecule has 2 N–H and O–H groups in total. The first-order valence-corrected chi connectivity index (χ1v) is 6.17. The number of hydrogen-bond donors (Lipinski definition) is 2. The zero-order valence-electron chi connectivity index (χ0n) is 11.2. The fourth-order valence-electron chi connectivity index (χ4n) is 2.33. The molecule has 6 nitrogen and oxygen atoms in total. The van der Waals surface area contributed by atoms with Gasteiger partial charge in [-0.2, -0.15) is 0 Å². The van der Waals surface area contributed by atoms with Gasteiger partial charge in [-0.1, -0.05) is 6.92 Å². The molecule has 0 spiro atoms. The number of carboxylic acid groups (broad SMARTS) is 1. The molecule has 3 atom stereocenters. The molecule has 1 saturated heterocycles. The molecule has 1 fully saturated rings. The van der Waals surface area contributed by atoms with E-state index in [2.05, 4.69) is 5.32 Å². The molecule has 0 radical (unpaired) electrons. The van der Waals surface area contributed by atoms with Crippen molar-refractivity contribution in [3.63, 3.8) is 0 Å². The third-order valence-corrected chi connectivity index (χ3v) is 3.20. The van der Waals surface area contributed by atoms with E-state index in [9.17, 15) is 9.59 Å². The van der Waals surface area contributed by atoms with E-state index in [1.54, 1.807) is 7.11 Å². The van der Waals surface area contributed by atoms with Crippen LogP contribution in [0.15, 0.2) is 0 Å². The molecule has 1 heterocycles. The van der Waals surface area contributed by atoms with Crippen LogP contribution >= 0.6 is 0 Å². The minimum Gasteiger partial charge on any atom is -0.481 e. The maximum absolute atomic E-state index is 11.7. The lowest BCUT2D eigenvalue weighted by molar-refractivity contribution is -0.142. The van der Waals surface area contributed by atoms with Crippen molar-refractivity contribution in [3.8, 4) is 0 Å². The Morgan fingerprint density at radius 3 is 2.67 bits per heavy atom. The fourth-order valence-corrected chi connectivity index (χ4v) is 2.33. The number of methoxy groups -OCH3 is 1. The number of nitrogens with zero attached hydrogens (tertiary/aromatic N) is 1. The quantitative estimate of drug-likeness (QED) is 0.689. The largest absolute Gasteiger partial charge is 0.481 e. The first-order valence-electron chi connectivity index (χ1n) is 6.17. The van der Waals surface area contributed by atoms with E-state index in [0.29, 0.717) is 19.7 Å². The van der Waals surface area contributed by atoms with E-state index in [4.69, 9.17) is 9.84 Å². The highest BCUT2D eigenvalue weighted by atomic mass is 16.5. The number of hydrogen-bond acceptors (Lipinski definition) is 4. The molecule has 0 saturated carbocycles. The molecule has 1 aliphatic heterocycles. The molecule has 104 valence electrons. The van der Waals surface area contributed by atoms with Gasteiger partial charge in [-0.15, -0.1) is 0 Å². The summed E-state index contributed by atoms with van der Waals surface area (Å²) in [5, 5.41) is 11.8. The van der Waals surface area contributed by atoms with Gasteiger partial charge in [0.2, 0.25) is 5.91 Å². The lowest BCUT2D eigenvalue weighted by Gasteiger charge is -2.17. The van der Waals surface area contributed by atoms with Crippen LogP contribution in [-0.4, -0.2) is 61.3 Å². The SMILES string of the molecule is COCC(C)NC(=O)CN1C[C@@H](C)[C@H](C(=O)O)C1. The molecular weight excluding hydrogens is 236 g/mol. The molecule has 1 rings (SSSR count). The van der Waals surface area contributed by atoms with E-state index < -0.39 is 5.97 Å². The van der Waals surface area contributed by atoms with Crippen LogP contribution in [0.3, 0.4) is 0 Å². The van der Waals surface area contributed by atoms with Gasteiger partial charge in [-0.3, -0.25) is 14.5 Å². The van der Waals surface area contributed by atoms with Crippen molar-refractivity contribution < 1.29 is 19.4 Å². The van der Waals surface area contributed by atoms with Gasteiger partial charge in [-0.25, -0.2) is 0 Å². The second kappa shape index (κ2) is 6.70. The number of amides is 1. The first kappa shape index (κ1) is 14.9. The molecule has 18 heavy (non-hydrogen) atoms. The number of likely N-dealkylation sites (tertiary alicyclic amines) is 1. The predicted octanol–water partition coefficient (Wildman–Crippen LogP) is -0.210. The van der Waals surface area contributed by atoms with Crippen molar-refractivity contribution in [2.24, 2.45) is 11.8 Å². The summed E-state index contributed by atoms with van der Waals surface area (Å²) >= 11 is 0. The van der Waals surface area contributed by atoms with Crippen molar-refractivity contribution in [1.29, 1.82) is 0 Å². The smallest absolute Gasteiger partial charge is 0.308 e. The van der Waals surface area contributed by atoms with Crippen molar-refractivity contribution in [1.82, 2.24) is 10.2 Å². The van der Waals surface area contributed by atoms with Crippen LogP contribution in [0.4, 0.5) is 0 Å². The van der Waals surface area contributed by atoms with Crippen LogP contribution in [0.2, 0.25) is 0 Å². The van der Waals surface area contributed by atoms with Gasteiger partial charge in [0.05, 0.1) is 19.1 Å². The second-order valence-corrected chi connectivity index (χ2v) is 5.04. The number of nitrogens with one attached hydrogen (secondary N) is 1. The van der Waals surface area contributed by atoms with E-state index >= 15 is 0 Å². The molecule has 1 aliphatic rings. The molecule has 0 aromatic rings. The van der Waals surface area contributed by atoms with Crippen molar-refractivity contribution in [3.05, 3.63) is 0 Å². The third-order valence-electron chi connectivity index (χ3n) is 3.20. The van der Waals surface area contributed by atoms with E-state index in [1.165, 1.54) is 0 Å². The number of rotatable bonds is 6. The number of carbonyl (C=O) groups is 2. The maximum Gasteiger partial charge on any atom is 0.308 e. The topological polar surface area (TPSA) is 78.9 Å². The van der Waals surface area contributed by atoms with Crippen LogP contribution in [0.25, 0.3) is 0 Å². The molecule has 6 heteroatoms. The zero-order valence-corrected chi connectivity index (χ0v) is 11.2. The van der Waals surface area contributed by atoms with E-state index in [1.807, 2.05) is 18.7 Å². The van der Waals surface area contributed by atoms with Gasteiger partial charge in [0.25, 0.3) is 0 Å². The van der Waals surface area contributed by atoms with Gasteiger partial charge in [0, 0.05) is 26.2 Å². The highest BCUT2D eigenvalue weighted by molar-refractivity contribution is 5.78. The highest BCUT2D eigenvalue weighted by Crippen LogP contribution is 2.22. The van der Waals surface area contributed by atoms with Crippen LogP contribution in [0.1, 0.15) is 13.8 Å². The Kier molecular flexibility index (Phi) is 5.55. The van der Waals surface area contributed by atoms with Gasteiger partial charge in [0.15, 0.2) is 0 Å². The summed E-state index contributed by atoms with van der Waals surface area (Å²) in [5.41, 5.74) is 0. The predicted molar refractivity (Wildman–Crippen MR) is 66.2 cm³/mol. The summed E-state index contributed by atoms with van der Waals surface area (Å²) in [4.78, 5) is 24.6. The molecule has 1 unspecified atom stereocenters. The van der Waals surface area contributed by atoms with Crippen LogP contribution in [-0.2, 0) is 14.3 Å². The summed E-state index contributed by atoms with van der Waals surface area (Å²) in [6.45, 7) is 5.60. The minimum absolute atomic E-state index is 0.0298. The molecule has 1 amide bonds. The van der Waals surface area contributed by atoms with Crippen molar-refractivity contribution in [2.45, 2.75) is 19.9 Å². The summed E-state index contributed by atoms with van der Waals surface area (Å²) in [5.74, 6) is -1.14. The van der Waals surface area contributed by atoms with Gasteiger partial charge < -0.3 is 15.2 Å². The zero-order chi connectivity index (χ0) is 13.7. The maximum atomic E-state index is 11.7. The fraction of sp³-hybridized carbons (Fsp3) is 0.833. The lowest BCUT2D eigenvalue weighted by Crippen LogP contribution is -2.42. The first-order chi connectivity index (χ1) is 8.43. The van der Waals surface area contributed by atoms with Gasteiger partial charge in [-0.05, 0) is 12.8 Å². The summed E-state index contributed by atoms with van der Waals surface area (Å²) < 4.78 is 4.93. The Bertz CT molecular complexity index is 308. The van der Waals surface area contributed by atoms with Crippen LogP contribution in [0.5, 0.6) is 0 Å². The summed E-state index contributed by atoms with van der Waals surface area (Å²) in [6.07, 6.45) is 0. The van der Waals surface area contributed by atoms with Crippen LogP contribution < -0.4 is 5.32 Å². The van der Waals surface area contributed by atoms with E-state index in [-0.39, 0.29) is 30.3 Å². The Hall–Kier alpha value is -1.14. The summed E-state index contributed by atoms with van der Waals surface area (Å²) in [6, 6.07) is -0.0298. The molecule has 0 aromatic carbocycles. The Morgan fingerprint density at radius 1 is 1.50 bits per heavy atom. The summed E-state index contributed by atoms with van der Waals surface area (Å²) in [7, 11) is 1.59. The average Bonchev–Trinajstić information content (AvgIpc) is 2.59. The standard InChI is InChI=1S/C12H22N2O4/c1-8-4-14(5-10(8)12(16)17)6-11(15)13-9(2)7-18-3/h8-10H,4-7H2,1-3H3,(H,13,15)(H,16,17)/t8-,9?,10-/m1/s1. The van der Waals surface area contributed by atoms with Crippen LogP contribution in [0, 0.1) is 11.8 Å². The number of aliphatic carboxylic acids is 1. The van der Waals surface area contributed by atoms with Crippen molar-refractivity contribution >= 4 is 11.9 Å². The molecule has 0 aromatic heterocycles. The second-order valence-electron chi connectivity index (χ2n) is 5.04. The van der Waals surface area contributed by atoms with Crippen molar-refractivity contribution in [2.75, 3.05) is 33.4 Å². The molecular formula is C12H22N2O4. The number of ether oxygens (including phenoxy) is 1. The van der Waals surface area contributed by atoms with E-state index in [0.717, 1.165) is 0 Å². The molecule has 0 bridgehead atoms. The third kappa shape index (κ3) is 4.27. The number of carbonyl (C=O) groups excluding carboxylic acids is 1. The Labute approximate surface area is 107 Å². The monoisotopic (exact) mass is 258 g/mol. The van der Waals surface area contributed by atoms with Gasteiger partial charge in [0.1, 0.15) is 0 Å². The normalized spacial score (nSPS) is 25.9. The highest BCUT2D eigenvalue weighted by Gasteiger charge is 2.35. The molecule has 0 aliphatic carbocycles.